The smallest absolute Gasteiger partial charge is 1.00 e. The average Bonchev–Trinajstić information content (AvgIpc) is 1.13. The number of nitrogens with two attached hydrogens (primary N) is 1. The molecule has 5 aromatic carbocycles. The largest absolute Gasteiger partial charge is 1.00 e. The Labute approximate surface area is 805 Å². The number of thioether (sulfide) groups is 1. The van der Waals surface area contributed by atoms with Gasteiger partial charge >= 0.3 is 103 Å². The van der Waals surface area contributed by atoms with E-state index in [-0.39, 0.29) is 209 Å². The van der Waals surface area contributed by atoms with Gasteiger partial charge in [-0.3, -0.25) is 4.79 Å². The third-order valence-electron chi connectivity index (χ3n) is 12.8. The number of aryl methyl sites for hydroxylation is 3. The van der Waals surface area contributed by atoms with Gasteiger partial charge in [0.05, 0.1) is 77.7 Å². The van der Waals surface area contributed by atoms with Crippen molar-refractivity contribution in [2.45, 2.75) is 117 Å². The van der Waals surface area contributed by atoms with Crippen molar-refractivity contribution in [1.29, 1.82) is 0 Å². The number of hydrogen-bond acceptors (Lipinski definition) is 28. The van der Waals surface area contributed by atoms with Crippen molar-refractivity contribution in [3.05, 3.63) is 227 Å². The van der Waals surface area contributed by atoms with Crippen LogP contribution in [-0.2, 0) is 94.5 Å². The molecule has 604 valence electrons. The second-order valence-corrected chi connectivity index (χ2v) is 43.0. The summed E-state index contributed by atoms with van der Waals surface area (Å²) in [5.41, 5.74) is 5.47. The van der Waals surface area contributed by atoms with E-state index < -0.39 is 78.0 Å². The molecule has 111 heavy (non-hydrogen) atoms. The number of benzene rings is 5. The second kappa shape index (κ2) is 59.6. The molecule has 21 nitrogen and oxygen atoms in total. The maximum Gasteiger partial charge on any atom is 1.00 e. The van der Waals surface area contributed by atoms with Gasteiger partial charge < -0.3 is 37.7 Å². The van der Waals surface area contributed by atoms with Crippen molar-refractivity contribution in [3.63, 3.8) is 0 Å². The Morgan fingerprint density at radius 1 is 0.495 bits per heavy atom. The molecule has 0 spiro atoms. The molecule has 0 saturated heterocycles. The third kappa shape index (κ3) is 39.4. The maximum absolute atomic E-state index is 12.5. The maximum atomic E-state index is 12.5. The van der Waals surface area contributed by atoms with Crippen LogP contribution in [0.25, 0.3) is 4.85 Å². The number of thiol groups is 2. The van der Waals surface area contributed by atoms with Crippen molar-refractivity contribution < 1.29 is 190 Å². The number of carbonyl (C=O) groups excluding carboxylic acids is 1. The summed E-state index contributed by atoms with van der Waals surface area (Å²) in [6, 6.07) is 47.6. The summed E-state index contributed by atoms with van der Waals surface area (Å²) in [5.74, 6) is 0.393. The fourth-order valence-electron chi connectivity index (χ4n) is 7.58. The van der Waals surface area contributed by atoms with Crippen LogP contribution in [0.1, 0.15) is 56.6 Å². The number of aliphatic hydroxyl groups excluding tert-OH is 4. The first-order chi connectivity index (χ1) is 49.7. The molecule has 0 fully saturated rings. The van der Waals surface area contributed by atoms with Gasteiger partial charge in [-0.25, -0.2) is 55.4 Å². The van der Waals surface area contributed by atoms with Gasteiger partial charge in [-0.15, -0.1) is 106 Å². The summed E-state index contributed by atoms with van der Waals surface area (Å²) in [7, 11) is -21.3. The Hall–Kier alpha value is -1.02. The van der Waals surface area contributed by atoms with Crippen LogP contribution >= 0.6 is 158 Å². The topological polar surface area (TPSA) is 366 Å². The van der Waals surface area contributed by atoms with Gasteiger partial charge in [-0.1, -0.05) is 58.8 Å². The van der Waals surface area contributed by atoms with Crippen LogP contribution in [0.2, 0.25) is 10.0 Å². The van der Waals surface area contributed by atoms with Crippen LogP contribution in [-0.4, -0.2) is 127 Å². The van der Waals surface area contributed by atoms with Gasteiger partial charge in [0.15, 0.2) is 19.7 Å². The Morgan fingerprint density at radius 2 is 0.784 bits per heavy atom. The van der Waals surface area contributed by atoms with Gasteiger partial charge in [0.2, 0.25) is 44.4 Å². The predicted molar refractivity (Wildman–Crippen MR) is 456 cm³/mol. The Kier molecular flexibility index (Phi) is 62.5. The fourth-order valence-corrected chi connectivity index (χ4v) is 22.6. The molecule has 0 aliphatic rings. The Balaban J connectivity index is -0.000000406. The minimum Gasteiger partial charge on any atom is -1.00 e. The SMILES string of the molecule is C.C.CCc1ccc(S(=O)(=O)c2ccc(Cl)cc2)s1.CCc1ccc(S(=O)(=O)c2ccc(S(=O)(=O)CCO)cc2)s1.CCc1ccc(S(=O)(=O)c2ccc(SCCO)cc2)s1.Cl.Cl.NCc1ccc(S(=O)(=O)c2ccc(S(=O)(=O)CCO)cc2)s1.O=CO[O-].OCCS.Sc1ccc(Cl)cc1.[C-]#[N+]c1ccc(Br)s1.[H-].[K+].[K+]. The molecular formula is C69H83BrCl4K2N2O19S14. The van der Waals surface area contributed by atoms with Crippen LogP contribution < -0.4 is 114 Å². The molecule has 0 amide bonds. The predicted octanol–water partition coefficient (Wildman–Crippen LogP) is 10.0. The summed E-state index contributed by atoms with van der Waals surface area (Å²) in [6.07, 6.45) is 2.45. The van der Waals surface area contributed by atoms with E-state index in [9.17, 15) is 50.5 Å². The molecule has 10 aromatic rings. The number of thiophene rings is 5. The van der Waals surface area contributed by atoms with Gasteiger partial charge in [-0.05, 0) is 217 Å². The van der Waals surface area contributed by atoms with E-state index in [0.29, 0.717) is 29.8 Å². The van der Waals surface area contributed by atoms with Crippen LogP contribution in [0.4, 0.5) is 5.00 Å². The molecule has 5 heterocycles. The molecule has 5 aromatic heterocycles. The molecule has 0 bridgehead atoms. The molecule has 0 saturated carbocycles. The molecule has 6 N–H and O–H groups in total. The minimum atomic E-state index is -3.68. The second-order valence-electron chi connectivity index (χ2n) is 20.0. The van der Waals surface area contributed by atoms with Gasteiger partial charge in [0, 0.05) is 57.4 Å². The van der Waals surface area contributed by atoms with E-state index in [1.807, 2.05) is 63.2 Å². The summed E-state index contributed by atoms with van der Waals surface area (Å²) in [6.45, 7) is 11.9. The molecule has 0 aliphatic heterocycles. The normalized spacial score (nSPS) is 10.6. The van der Waals surface area contributed by atoms with Crippen molar-refractivity contribution in [1.82, 2.24) is 0 Å². The minimum absolute atomic E-state index is 0. The standard InChI is InChI=1S/C14H16O5S3.C14H16O3S3.C13H15NO5S3.C12H11ClO2S2.C6H5ClS.C5H2BrNS.C2H6OS.CH2O3.2CH4.2ClH.2K.H/c1-2-11-3-8-14(20-11)22(18,19)13-6-4-12(5-7-13)21(16,17)10-9-15;1-2-11-5-8-14(19-11)20(16,17)13-6-3-12(4-7-13)18-10-9-15;14-9-10-1-6-13(20-10)22(18,19)12-4-2-11(3-5-12)21(16,17)8-7-15;1-2-10-5-8-12(16-10)17(14,15)11-6-3-9(13)4-7-11;7-5-1-3-6(8)4-2-5;1-7-5-3-2-4(6)8-5;3-1-2-4;2-1-4-3;;;;;;;/h3-8,15H,2,9-10H2,1H3;3-8,15H,2,9-10H2,1H3;1-6,15H,7-9,14H2;3-8H,2H2,1H3;1-4,8H;2-3H;3-4H,1-2H2;1,3H;2*1H4;2*1H;;;/q;;;;;;;;;;;;2*+1;-1/p-1. The third-order valence-corrected chi connectivity index (χ3v) is 33.6. The molecule has 42 heteroatoms. The first-order valence-corrected chi connectivity index (χ1v) is 47.1. The number of sulfone groups is 6. The van der Waals surface area contributed by atoms with Crippen molar-refractivity contribution in [3.8, 4) is 0 Å². The van der Waals surface area contributed by atoms with Gasteiger partial charge in [-0.2, -0.15) is 12.6 Å². The molecule has 0 atom stereocenters. The zero-order valence-electron chi connectivity index (χ0n) is 59.6. The van der Waals surface area contributed by atoms with Gasteiger partial charge in [0.1, 0.15) is 16.8 Å². The quantitative estimate of drug-likeness (QED) is 0.00595. The fraction of sp³-hybridized carbons (Fsp3) is 0.246. The van der Waals surface area contributed by atoms with Crippen molar-refractivity contribution >= 4 is 228 Å². The molecule has 0 unspecified atom stereocenters. The monoisotopic (exact) mass is 1990 g/mol. The average molecular weight is 1990 g/mol. The number of halogens is 5. The summed E-state index contributed by atoms with van der Waals surface area (Å²) in [4.78, 5) is 20.9. The molecule has 0 aliphatic carbocycles. The molecule has 0 radical (unpaired) electrons. The van der Waals surface area contributed by atoms with E-state index >= 15 is 0 Å². The van der Waals surface area contributed by atoms with E-state index in [0.717, 1.165) is 73.7 Å². The zero-order chi connectivity index (χ0) is 78.6. The van der Waals surface area contributed by atoms with Crippen LogP contribution in [0, 0.1) is 6.57 Å². The van der Waals surface area contributed by atoms with E-state index in [2.05, 4.69) is 50.9 Å². The summed E-state index contributed by atoms with van der Waals surface area (Å²) in [5, 5.41) is 44.5. The van der Waals surface area contributed by atoms with Crippen LogP contribution in [0.3, 0.4) is 0 Å². The zero-order valence-corrected chi connectivity index (χ0v) is 81.1. The summed E-state index contributed by atoms with van der Waals surface area (Å²) >= 11 is 30.2. The number of rotatable bonds is 23. The molecular weight excluding hydrogens is 1910 g/mol. The first kappa shape index (κ1) is 116. The van der Waals surface area contributed by atoms with Crippen molar-refractivity contribution in [2.75, 3.05) is 49.4 Å². The van der Waals surface area contributed by atoms with E-state index in [4.69, 9.17) is 66.0 Å². The number of nitrogens with zero attached hydrogens (tertiary/aromatic N) is 1. The number of hydrogen-bond donors (Lipinski definition) is 7. The number of carbonyl (C=O) groups is 1. The van der Waals surface area contributed by atoms with Crippen LogP contribution in [0.15, 0.2) is 242 Å². The van der Waals surface area contributed by atoms with Gasteiger partial charge in [0.25, 0.3) is 6.47 Å². The Morgan fingerprint density at radius 3 is 1.01 bits per heavy atom. The van der Waals surface area contributed by atoms with Crippen molar-refractivity contribution in [2.24, 2.45) is 5.73 Å². The first-order valence-electron chi connectivity index (χ1n) is 30.2. The molecule has 10 rings (SSSR count). The summed E-state index contributed by atoms with van der Waals surface area (Å²) < 4.78 is 149. The Bertz CT molecular complexity index is 4890. The van der Waals surface area contributed by atoms with E-state index in [1.54, 1.807) is 72.8 Å². The number of aliphatic hydroxyl groups is 4. The van der Waals surface area contributed by atoms with Crippen LogP contribution in [0.5, 0.6) is 0 Å². The van der Waals surface area contributed by atoms with E-state index in [1.165, 1.54) is 124 Å².